The highest BCUT2D eigenvalue weighted by Gasteiger charge is 2.32. The van der Waals surface area contributed by atoms with Crippen molar-refractivity contribution in [1.29, 1.82) is 0 Å². The fourth-order valence-corrected chi connectivity index (χ4v) is 2.06. The van der Waals surface area contributed by atoms with Crippen molar-refractivity contribution < 1.29 is 5.11 Å². The SMILES string of the molecule is C=C(C)CNCC1(CO)CCCC1. The van der Waals surface area contributed by atoms with Gasteiger partial charge in [-0.05, 0) is 19.8 Å². The molecule has 1 fully saturated rings. The fourth-order valence-electron chi connectivity index (χ4n) is 2.06. The second kappa shape index (κ2) is 4.77. The maximum Gasteiger partial charge on any atom is 0.0499 e. The first-order chi connectivity index (χ1) is 6.18. The monoisotopic (exact) mass is 183 g/mol. The lowest BCUT2D eigenvalue weighted by molar-refractivity contribution is 0.129. The Hall–Kier alpha value is -0.340. The van der Waals surface area contributed by atoms with Crippen LogP contribution < -0.4 is 5.32 Å². The van der Waals surface area contributed by atoms with Gasteiger partial charge in [-0.2, -0.15) is 0 Å². The summed E-state index contributed by atoms with van der Waals surface area (Å²) in [5, 5.41) is 12.7. The molecule has 0 aromatic rings. The van der Waals surface area contributed by atoms with Gasteiger partial charge in [0.2, 0.25) is 0 Å². The molecule has 0 aromatic carbocycles. The molecule has 0 aromatic heterocycles. The van der Waals surface area contributed by atoms with Crippen molar-refractivity contribution in [2.75, 3.05) is 19.7 Å². The molecule has 0 radical (unpaired) electrons. The molecule has 0 spiro atoms. The van der Waals surface area contributed by atoms with Gasteiger partial charge in [0.25, 0.3) is 0 Å². The van der Waals surface area contributed by atoms with Crippen molar-refractivity contribution in [3.63, 3.8) is 0 Å². The Morgan fingerprint density at radius 1 is 1.46 bits per heavy atom. The van der Waals surface area contributed by atoms with E-state index in [1.54, 1.807) is 0 Å². The summed E-state index contributed by atoms with van der Waals surface area (Å²) in [5.74, 6) is 0. The average Bonchev–Trinajstić information content (AvgIpc) is 2.53. The van der Waals surface area contributed by atoms with Gasteiger partial charge in [0.1, 0.15) is 0 Å². The fraction of sp³-hybridized carbons (Fsp3) is 0.818. The zero-order valence-electron chi connectivity index (χ0n) is 8.60. The van der Waals surface area contributed by atoms with Crippen molar-refractivity contribution in [2.24, 2.45) is 5.41 Å². The first-order valence-electron chi connectivity index (χ1n) is 5.14. The molecule has 1 rings (SSSR count). The van der Waals surface area contributed by atoms with Crippen LogP contribution in [0.4, 0.5) is 0 Å². The number of rotatable bonds is 5. The normalized spacial score (nSPS) is 20.5. The van der Waals surface area contributed by atoms with Crippen LogP contribution in [0.1, 0.15) is 32.6 Å². The molecule has 13 heavy (non-hydrogen) atoms. The minimum Gasteiger partial charge on any atom is -0.396 e. The van der Waals surface area contributed by atoms with Crippen molar-refractivity contribution >= 4 is 0 Å². The third kappa shape index (κ3) is 3.12. The predicted octanol–water partition coefficient (Wildman–Crippen LogP) is 1.70. The quantitative estimate of drug-likeness (QED) is 0.636. The van der Waals surface area contributed by atoms with Gasteiger partial charge in [-0.25, -0.2) is 0 Å². The van der Waals surface area contributed by atoms with Gasteiger partial charge in [-0.1, -0.05) is 25.0 Å². The molecule has 0 atom stereocenters. The molecule has 0 bridgehead atoms. The molecule has 2 nitrogen and oxygen atoms in total. The highest BCUT2D eigenvalue weighted by Crippen LogP contribution is 2.36. The second-order valence-electron chi connectivity index (χ2n) is 4.43. The van der Waals surface area contributed by atoms with E-state index in [4.69, 9.17) is 0 Å². The lowest BCUT2D eigenvalue weighted by Crippen LogP contribution is -2.35. The van der Waals surface area contributed by atoms with Gasteiger partial charge in [0.05, 0.1) is 0 Å². The van der Waals surface area contributed by atoms with Gasteiger partial charge in [-0.15, -0.1) is 0 Å². The minimum atomic E-state index is 0.176. The van der Waals surface area contributed by atoms with Crippen LogP contribution in [0.2, 0.25) is 0 Å². The molecular weight excluding hydrogens is 162 g/mol. The number of aliphatic hydroxyl groups is 1. The summed E-state index contributed by atoms with van der Waals surface area (Å²) in [6.07, 6.45) is 4.89. The zero-order chi connectivity index (χ0) is 9.73. The Morgan fingerprint density at radius 3 is 2.54 bits per heavy atom. The lowest BCUT2D eigenvalue weighted by Gasteiger charge is -2.26. The zero-order valence-corrected chi connectivity index (χ0v) is 8.60. The minimum absolute atomic E-state index is 0.176. The van der Waals surface area contributed by atoms with E-state index in [-0.39, 0.29) is 5.41 Å². The maximum absolute atomic E-state index is 9.32. The molecule has 2 heteroatoms. The van der Waals surface area contributed by atoms with E-state index in [0.29, 0.717) is 6.61 Å². The van der Waals surface area contributed by atoms with E-state index in [0.717, 1.165) is 18.7 Å². The molecule has 0 heterocycles. The first-order valence-corrected chi connectivity index (χ1v) is 5.14. The first kappa shape index (κ1) is 10.7. The van der Waals surface area contributed by atoms with Crippen LogP contribution in [0.25, 0.3) is 0 Å². The summed E-state index contributed by atoms with van der Waals surface area (Å²) in [6.45, 7) is 8.01. The van der Waals surface area contributed by atoms with E-state index in [1.807, 2.05) is 6.92 Å². The van der Waals surface area contributed by atoms with Crippen molar-refractivity contribution in [2.45, 2.75) is 32.6 Å². The van der Waals surface area contributed by atoms with Crippen LogP contribution in [0.15, 0.2) is 12.2 Å². The van der Waals surface area contributed by atoms with Crippen LogP contribution in [-0.4, -0.2) is 24.8 Å². The van der Waals surface area contributed by atoms with Crippen LogP contribution in [0.3, 0.4) is 0 Å². The Bertz CT molecular complexity index is 171. The van der Waals surface area contributed by atoms with E-state index in [9.17, 15) is 5.11 Å². The Kier molecular flexibility index (Phi) is 3.94. The highest BCUT2D eigenvalue weighted by atomic mass is 16.3. The summed E-state index contributed by atoms with van der Waals surface area (Å²) in [4.78, 5) is 0. The molecule has 1 aliphatic carbocycles. The van der Waals surface area contributed by atoms with Crippen LogP contribution in [0, 0.1) is 5.41 Å². The van der Waals surface area contributed by atoms with Gasteiger partial charge in [0, 0.05) is 25.1 Å². The standard InChI is InChI=1S/C11H21NO/c1-10(2)7-12-8-11(9-13)5-3-4-6-11/h12-13H,1,3-9H2,2H3. The van der Waals surface area contributed by atoms with Gasteiger partial charge in [0.15, 0.2) is 0 Å². The van der Waals surface area contributed by atoms with Crippen molar-refractivity contribution in [3.05, 3.63) is 12.2 Å². The Balaban J connectivity index is 2.27. The molecular formula is C11H21NO. The van der Waals surface area contributed by atoms with E-state index in [2.05, 4.69) is 11.9 Å². The number of hydrogen-bond donors (Lipinski definition) is 2. The van der Waals surface area contributed by atoms with Crippen molar-refractivity contribution in [1.82, 2.24) is 5.32 Å². The summed E-state index contributed by atoms with van der Waals surface area (Å²) in [6, 6.07) is 0. The third-order valence-corrected chi connectivity index (χ3v) is 2.93. The molecule has 0 saturated heterocycles. The highest BCUT2D eigenvalue weighted by molar-refractivity contribution is 4.93. The Labute approximate surface area is 81.0 Å². The number of nitrogens with one attached hydrogen (secondary N) is 1. The summed E-state index contributed by atoms with van der Waals surface area (Å²) >= 11 is 0. The van der Waals surface area contributed by atoms with Crippen LogP contribution in [-0.2, 0) is 0 Å². The predicted molar refractivity (Wildman–Crippen MR) is 55.7 cm³/mol. The van der Waals surface area contributed by atoms with E-state index < -0.39 is 0 Å². The van der Waals surface area contributed by atoms with Gasteiger partial charge < -0.3 is 10.4 Å². The largest absolute Gasteiger partial charge is 0.396 e. The Morgan fingerprint density at radius 2 is 2.08 bits per heavy atom. The molecule has 0 aliphatic heterocycles. The second-order valence-corrected chi connectivity index (χ2v) is 4.43. The van der Waals surface area contributed by atoms with Crippen LogP contribution in [0.5, 0.6) is 0 Å². The number of hydrogen-bond acceptors (Lipinski definition) is 2. The average molecular weight is 183 g/mol. The molecule has 0 amide bonds. The maximum atomic E-state index is 9.32. The molecule has 1 aliphatic rings. The molecule has 0 unspecified atom stereocenters. The topological polar surface area (TPSA) is 32.3 Å². The number of aliphatic hydroxyl groups excluding tert-OH is 1. The van der Waals surface area contributed by atoms with Gasteiger partial charge in [-0.3, -0.25) is 0 Å². The smallest absolute Gasteiger partial charge is 0.0499 e. The summed E-state index contributed by atoms with van der Waals surface area (Å²) in [5.41, 5.74) is 1.33. The molecule has 76 valence electrons. The summed E-state index contributed by atoms with van der Waals surface area (Å²) in [7, 11) is 0. The lowest BCUT2D eigenvalue weighted by atomic mass is 9.87. The molecule has 1 saturated carbocycles. The van der Waals surface area contributed by atoms with Crippen LogP contribution >= 0.6 is 0 Å². The summed E-state index contributed by atoms with van der Waals surface area (Å²) < 4.78 is 0. The third-order valence-electron chi connectivity index (χ3n) is 2.93. The van der Waals surface area contributed by atoms with Crippen molar-refractivity contribution in [3.8, 4) is 0 Å². The van der Waals surface area contributed by atoms with E-state index >= 15 is 0 Å². The van der Waals surface area contributed by atoms with Gasteiger partial charge >= 0.3 is 0 Å². The van der Waals surface area contributed by atoms with E-state index in [1.165, 1.54) is 25.7 Å². The molecule has 2 N–H and O–H groups in total.